The van der Waals surface area contributed by atoms with Gasteiger partial charge in [0.2, 0.25) is 0 Å². The number of amides is 1. The highest BCUT2D eigenvalue weighted by molar-refractivity contribution is 9.10. The molecule has 4 aromatic carbocycles. The standard InChI is InChI=1S/C29H21BrN2O2/c30-24-15-11-22(12-16-24)20-34-26-17-13-21(14-18-26)19-27-28(23-7-3-1-4-8-23)31-32(29(27)33)25-9-5-2-6-10-25/h1-19H,20H2/b27-19-. The van der Waals surface area contributed by atoms with Crippen LogP contribution in [0.3, 0.4) is 0 Å². The van der Waals surface area contributed by atoms with Crippen LogP contribution >= 0.6 is 15.9 Å². The molecular formula is C29H21BrN2O2. The van der Waals surface area contributed by atoms with E-state index in [1.54, 1.807) is 0 Å². The molecular weight excluding hydrogens is 488 g/mol. The molecule has 0 saturated heterocycles. The third kappa shape index (κ3) is 4.85. The molecule has 1 aliphatic heterocycles. The second kappa shape index (κ2) is 9.89. The Morgan fingerprint density at radius 1 is 0.794 bits per heavy atom. The van der Waals surface area contributed by atoms with E-state index in [0.717, 1.165) is 32.6 Å². The summed E-state index contributed by atoms with van der Waals surface area (Å²) in [6.07, 6.45) is 1.88. The van der Waals surface area contributed by atoms with E-state index >= 15 is 0 Å². The topological polar surface area (TPSA) is 41.9 Å². The molecule has 5 rings (SSSR count). The van der Waals surface area contributed by atoms with Gasteiger partial charge in [0, 0.05) is 10.0 Å². The summed E-state index contributed by atoms with van der Waals surface area (Å²) < 4.78 is 6.95. The maximum Gasteiger partial charge on any atom is 0.281 e. The molecule has 1 heterocycles. The van der Waals surface area contributed by atoms with Crippen molar-refractivity contribution in [3.8, 4) is 5.75 Å². The lowest BCUT2D eigenvalue weighted by molar-refractivity contribution is -0.114. The molecule has 0 spiro atoms. The fourth-order valence-electron chi connectivity index (χ4n) is 3.67. The molecule has 5 heteroatoms. The van der Waals surface area contributed by atoms with Crippen molar-refractivity contribution in [2.24, 2.45) is 5.10 Å². The van der Waals surface area contributed by atoms with Crippen LogP contribution in [0.5, 0.6) is 5.75 Å². The van der Waals surface area contributed by atoms with E-state index in [4.69, 9.17) is 4.74 Å². The lowest BCUT2D eigenvalue weighted by Gasteiger charge is -2.11. The molecule has 4 aromatic rings. The van der Waals surface area contributed by atoms with E-state index in [9.17, 15) is 4.79 Å². The average Bonchev–Trinajstić information content (AvgIpc) is 3.21. The molecule has 34 heavy (non-hydrogen) atoms. The van der Waals surface area contributed by atoms with Gasteiger partial charge in [-0.2, -0.15) is 10.1 Å². The maximum absolute atomic E-state index is 13.4. The van der Waals surface area contributed by atoms with Gasteiger partial charge in [-0.05, 0) is 53.6 Å². The summed E-state index contributed by atoms with van der Waals surface area (Å²) >= 11 is 3.44. The molecule has 166 valence electrons. The number of benzene rings is 4. The number of rotatable bonds is 6. The van der Waals surface area contributed by atoms with Crippen LogP contribution in [0.2, 0.25) is 0 Å². The third-order valence-electron chi connectivity index (χ3n) is 5.44. The van der Waals surface area contributed by atoms with E-state index in [1.807, 2.05) is 115 Å². The molecule has 1 aliphatic rings. The van der Waals surface area contributed by atoms with Crippen LogP contribution in [-0.4, -0.2) is 11.6 Å². The van der Waals surface area contributed by atoms with Gasteiger partial charge in [-0.3, -0.25) is 4.79 Å². The zero-order chi connectivity index (χ0) is 23.3. The molecule has 0 radical (unpaired) electrons. The summed E-state index contributed by atoms with van der Waals surface area (Å²) in [6.45, 7) is 0.489. The molecule has 0 aromatic heterocycles. The molecule has 0 aliphatic carbocycles. The van der Waals surface area contributed by atoms with E-state index in [-0.39, 0.29) is 5.91 Å². The van der Waals surface area contributed by atoms with E-state index in [1.165, 1.54) is 5.01 Å². The Hall–Kier alpha value is -3.96. The zero-order valence-corrected chi connectivity index (χ0v) is 19.9. The van der Waals surface area contributed by atoms with Crippen molar-refractivity contribution in [2.75, 3.05) is 5.01 Å². The maximum atomic E-state index is 13.4. The van der Waals surface area contributed by atoms with Gasteiger partial charge in [0.1, 0.15) is 18.1 Å². The molecule has 0 atom stereocenters. The summed E-state index contributed by atoms with van der Waals surface area (Å²) in [5, 5.41) is 6.14. The van der Waals surface area contributed by atoms with E-state index in [0.29, 0.717) is 17.9 Å². The Morgan fingerprint density at radius 2 is 1.44 bits per heavy atom. The summed E-state index contributed by atoms with van der Waals surface area (Å²) in [5.41, 5.74) is 4.84. The minimum absolute atomic E-state index is 0.152. The van der Waals surface area contributed by atoms with Crippen LogP contribution in [0.15, 0.2) is 124 Å². The SMILES string of the molecule is O=C1/C(=C\c2ccc(OCc3ccc(Br)cc3)cc2)C(c2ccccc2)=NN1c1ccccc1. The number of halogens is 1. The van der Waals surface area contributed by atoms with Gasteiger partial charge >= 0.3 is 0 Å². The Morgan fingerprint density at radius 3 is 2.12 bits per heavy atom. The van der Waals surface area contributed by atoms with E-state index in [2.05, 4.69) is 21.0 Å². The zero-order valence-electron chi connectivity index (χ0n) is 18.3. The lowest BCUT2D eigenvalue weighted by atomic mass is 10.0. The van der Waals surface area contributed by atoms with Crippen molar-refractivity contribution >= 4 is 39.3 Å². The quantitative estimate of drug-likeness (QED) is 0.267. The van der Waals surface area contributed by atoms with Crippen molar-refractivity contribution in [1.82, 2.24) is 0 Å². The van der Waals surface area contributed by atoms with Crippen LogP contribution in [-0.2, 0) is 11.4 Å². The summed E-state index contributed by atoms with van der Waals surface area (Å²) in [4.78, 5) is 13.4. The first-order valence-electron chi connectivity index (χ1n) is 10.9. The number of anilines is 1. The summed E-state index contributed by atoms with van der Waals surface area (Å²) in [6, 6.07) is 35.0. The van der Waals surface area contributed by atoms with Gasteiger partial charge in [-0.1, -0.05) is 88.7 Å². The molecule has 0 bridgehead atoms. The Balaban J connectivity index is 1.40. The predicted molar refractivity (Wildman–Crippen MR) is 140 cm³/mol. The van der Waals surface area contributed by atoms with E-state index < -0.39 is 0 Å². The smallest absolute Gasteiger partial charge is 0.281 e. The van der Waals surface area contributed by atoms with Crippen LogP contribution in [0.4, 0.5) is 5.69 Å². The number of carbonyl (C=O) groups is 1. The Labute approximate surface area is 206 Å². The predicted octanol–water partition coefficient (Wildman–Crippen LogP) is 6.86. The molecule has 1 amide bonds. The highest BCUT2D eigenvalue weighted by atomic mass is 79.9. The van der Waals surface area contributed by atoms with Gasteiger partial charge in [0.05, 0.1) is 11.3 Å². The minimum atomic E-state index is -0.152. The van der Waals surface area contributed by atoms with Gasteiger partial charge in [-0.15, -0.1) is 0 Å². The highest BCUT2D eigenvalue weighted by Crippen LogP contribution is 2.28. The number of carbonyl (C=O) groups excluding carboxylic acids is 1. The number of para-hydroxylation sites is 1. The van der Waals surface area contributed by atoms with Crippen molar-refractivity contribution in [1.29, 1.82) is 0 Å². The minimum Gasteiger partial charge on any atom is -0.489 e. The Kier molecular flexibility index (Phi) is 6.36. The first-order valence-corrected chi connectivity index (χ1v) is 11.7. The third-order valence-corrected chi connectivity index (χ3v) is 5.96. The molecule has 0 unspecified atom stereocenters. The first-order chi connectivity index (χ1) is 16.7. The van der Waals surface area contributed by atoms with Crippen LogP contribution in [0.1, 0.15) is 16.7 Å². The number of ether oxygens (including phenoxy) is 1. The van der Waals surface area contributed by atoms with Crippen molar-refractivity contribution in [2.45, 2.75) is 6.61 Å². The van der Waals surface area contributed by atoms with Crippen LogP contribution in [0, 0.1) is 0 Å². The molecule has 4 nitrogen and oxygen atoms in total. The van der Waals surface area contributed by atoms with Gasteiger partial charge in [-0.25, -0.2) is 0 Å². The number of hydrazone groups is 1. The highest BCUT2D eigenvalue weighted by Gasteiger charge is 2.31. The molecule has 0 N–H and O–H groups in total. The number of hydrogen-bond acceptors (Lipinski definition) is 3. The monoisotopic (exact) mass is 508 g/mol. The van der Waals surface area contributed by atoms with Crippen molar-refractivity contribution in [3.05, 3.63) is 136 Å². The number of hydrogen-bond donors (Lipinski definition) is 0. The second-order valence-corrected chi connectivity index (χ2v) is 8.73. The largest absolute Gasteiger partial charge is 0.489 e. The average molecular weight is 509 g/mol. The summed E-state index contributed by atoms with van der Waals surface area (Å²) in [5.74, 6) is 0.617. The van der Waals surface area contributed by atoms with Gasteiger partial charge in [0.25, 0.3) is 5.91 Å². The molecule has 0 fully saturated rings. The van der Waals surface area contributed by atoms with Crippen molar-refractivity contribution < 1.29 is 9.53 Å². The van der Waals surface area contributed by atoms with Gasteiger partial charge in [0.15, 0.2) is 0 Å². The second-order valence-electron chi connectivity index (χ2n) is 7.81. The fraction of sp³-hybridized carbons (Fsp3) is 0.0345. The number of nitrogens with zero attached hydrogens (tertiary/aromatic N) is 2. The van der Waals surface area contributed by atoms with Crippen molar-refractivity contribution in [3.63, 3.8) is 0 Å². The summed E-state index contributed by atoms with van der Waals surface area (Å²) in [7, 11) is 0. The fourth-order valence-corrected chi connectivity index (χ4v) is 3.94. The first kappa shape index (κ1) is 21.9. The Bertz CT molecular complexity index is 1350. The normalized spacial score (nSPS) is 14.4. The van der Waals surface area contributed by atoms with Crippen LogP contribution < -0.4 is 9.75 Å². The van der Waals surface area contributed by atoms with Gasteiger partial charge < -0.3 is 4.74 Å². The molecule has 0 saturated carbocycles. The van der Waals surface area contributed by atoms with Crippen LogP contribution in [0.25, 0.3) is 6.08 Å². The lowest BCUT2D eigenvalue weighted by Crippen LogP contribution is -2.21.